The highest BCUT2D eigenvalue weighted by molar-refractivity contribution is 8.00. The summed E-state index contributed by atoms with van der Waals surface area (Å²) in [5, 5.41) is -0.287. The molecular formula is C22H23F3N2O3S. The van der Waals surface area contributed by atoms with Gasteiger partial charge in [-0.25, -0.2) is 0 Å². The number of hydrogen-bond donors (Lipinski definition) is 0. The molecular weight excluding hydrogens is 429 g/mol. The van der Waals surface area contributed by atoms with Crippen molar-refractivity contribution in [2.75, 3.05) is 33.3 Å². The van der Waals surface area contributed by atoms with Gasteiger partial charge < -0.3 is 14.5 Å². The molecule has 9 heteroatoms. The summed E-state index contributed by atoms with van der Waals surface area (Å²) in [6.45, 7) is 3.30. The molecule has 1 fully saturated rings. The zero-order valence-corrected chi connectivity index (χ0v) is 18.0. The molecule has 0 saturated carbocycles. The standard InChI is InChI=1S/C22H23F3N2O3S/c1-15(31-19-9-7-18(30-2)8-10-19)20(28)26-11-13-27(14-12-26)21(29)16-3-5-17(6-4-16)22(23,24)25/h3-10,15H,11-14H2,1-2H3. The van der Waals surface area contributed by atoms with E-state index in [2.05, 4.69) is 0 Å². The lowest BCUT2D eigenvalue weighted by Gasteiger charge is -2.36. The second-order valence-corrected chi connectivity index (χ2v) is 8.54. The smallest absolute Gasteiger partial charge is 0.416 e. The predicted octanol–water partition coefficient (Wildman–Crippen LogP) is 4.18. The first-order valence-electron chi connectivity index (χ1n) is 9.75. The topological polar surface area (TPSA) is 49.9 Å². The van der Waals surface area contributed by atoms with Crippen molar-refractivity contribution in [3.63, 3.8) is 0 Å². The summed E-state index contributed by atoms with van der Waals surface area (Å²) in [7, 11) is 1.59. The van der Waals surface area contributed by atoms with Crippen LogP contribution in [0.1, 0.15) is 22.8 Å². The fraction of sp³-hybridized carbons (Fsp3) is 0.364. The van der Waals surface area contributed by atoms with Crippen LogP contribution in [0, 0.1) is 0 Å². The molecule has 1 unspecified atom stereocenters. The number of hydrogen-bond acceptors (Lipinski definition) is 4. The molecule has 2 aromatic carbocycles. The van der Waals surface area contributed by atoms with Crippen LogP contribution in [0.2, 0.25) is 0 Å². The molecule has 0 aromatic heterocycles. The molecule has 3 rings (SSSR count). The molecule has 0 aliphatic carbocycles. The van der Waals surface area contributed by atoms with Crippen LogP contribution < -0.4 is 4.74 Å². The monoisotopic (exact) mass is 452 g/mol. The van der Waals surface area contributed by atoms with E-state index in [0.717, 1.165) is 22.8 Å². The lowest BCUT2D eigenvalue weighted by Crippen LogP contribution is -2.52. The number of ether oxygens (including phenoxy) is 1. The largest absolute Gasteiger partial charge is 0.497 e. The minimum absolute atomic E-state index is 0.0116. The van der Waals surface area contributed by atoms with Gasteiger partial charge in [-0.3, -0.25) is 9.59 Å². The maximum atomic E-state index is 12.8. The number of rotatable bonds is 5. The average molecular weight is 452 g/mol. The number of halogens is 3. The molecule has 1 heterocycles. The molecule has 0 spiro atoms. The van der Waals surface area contributed by atoms with Gasteiger partial charge in [0.05, 0.1) is 17.9 Å². The fourth-order valence-corrected chi connectivity index (χ4v) is 4.23. The molecule has 1 saturated heterocycles. The zero-order chi connectivity index (χ0) is 22.6. The van der Waals surface area contributed by atoms with Gasteiger partial charge in [0.2, 0.25) is 5.91 Å². The molecule has 0 N–H and O–H groups in total. The molecule has 1 aliphatic rings. The van der Waals surface area contributed by atoms with Gasteiger partial charge in [0.15, 0.2) is 0 Å². The number of piperazine rings is 1. The Morgan fingerprint density at radius 2 is 1.48 bits per heavy atom. The Hall–Kier alpha value is -2.68. The summed E-state index contributed by atoms with van der Waals surface area (Å²) >= 11 is 1.45. The summed E-state index contributed by atoms with van der Waals surface area (Å²) in [4.78, 5) is 29.6. The Morgan fingerprint density at radius 1 is 0.935 bits per heavy atom. The highest BCUT2D eigenvalue weighted by atomic mass is 32.2. The second kappa shape index (κ2) is 9.64. The lowest BCUT2D eigenvalue weighted by atomic mass is 10.1. The highest BCUT2D eigenvalue weighted by Crippen LogP contribution is 2.29. The molecule has 0 bridgehead atoms. The van der Waals surface area contributed by atoms with E-state index in [-0.39, 0.29) is 22.6 Å². The van der Waals surface area contributed by atoms with Crippen molar-refractivity contribution in [3.8, 4) is 5.75 Å². The quantitative estimate of drug-likeness (QED) is 0.639. The van der Waals surface area contributed by atoms with E-state index < -0.39 is 11.7 Å². The normalized spacial score (nSPS) is 15.5. The first-order valence-corrected chi connectivity index (χ1v) is 10.6. The molecule has 166 valence electrons. The van der Waals surface area contributed by atoms with Crippen LogP contribution in [0.25, 0.3) is 0 Å². The van der Waals surface area contributed by atoms with Crippen LogP contribution in [0.3, 0.4) is 0 Å². The number of nitrogens with zero attached hydrogens (tertiary/aromatic N) is 2. The van der Waals surface area contributed by atoms with Crippen molar-refractivity contribution in [2.24, 2.45) is 0 Å². The van der Waals surface area contributed by atoms with Crippen LogP contribution in [0.15, 0.2) is 53.4 Å². The molecule has 31 heavy (non-hydrogen) atoms. The molecule has 0 radical (unpaired) electrons. The summed E-state index contributed by atoms with van der Waals surface area (Å²) in [5.74, 6) is 0.404. The van der Waals surface area contributed by atoms with Gasteiger partial charge in [0.1, 0.15) is 5.75 Å². The van der Waals surface area contributed by atoms with E-state index in [4.69, 9.17) is 4.74 Å². The van der Waals surface area contributed by atoms with E-state index in [0.29, 0.717) is 26.2 Å². The molecule has 2 amide bonds. The third-order valence-electron chi connectivity index (χ3n) is 5.06. The van der Waals surface area contributed by atoms with Crippen LogP contribution in [0.5, 0.6) is 5.75 Å². The number of thioether (sulfide) groups is 1. The van der Waals surface area contributed by atoms with E-state index >= 15 is 0 Å². The predicted molar refractivity (Wildman–Crippen MR) is 112 cm³/mol. The van der Waals surface area contributed by atoms with Gasteiger partial charge in [-0.2, -0.15) is 13.2 Å². The number of amides is 2. The number of alkyl halides is 3. The number of benzene rings is 2. The fourth-order valence-electron chi connectivity index (χ4n) is 3.28. The van der Waals surface area contributed by atoms with Gasteiger partial charge in [0, 0.05) is 36.6 Å². The van der Waals surface area contributed by atoms with Gasteiger partial charge >= 0.3 is 6.18 Å². The van der Waals surface area contributed by atoms with E-state index in [1.807, 2.05) is 31.2 Å². The average Bonchev–Trinajstić information content (AvgIpc) is 2.78. The maximum absolute atomic E-state index is 12.8. The van der Waals surface area contributed by atoms with Crippen LogP contribution in [-0.2, 0) is 11.0 Å². The van der Waals surface area contributed by atoms with Crippen molar-refractivity contribution in [2.45, 2.75) is 23.2 Å². The maximum Gasteiger partial charge on any atom is 0.416 e. The zero-order valence-electron chi connectivity index (χ0n) is 17.2. The highest BCUT2D eigenvalue weighted by Gasteiger charge is 2.31. The lowest BCUT2D eigenvalue weighted by molar-refractivity contribution is -0.137. The van der Waals surface area contributed by atoms with Crippen LogP contribution in [0.4, 0.5) is 13.2 Å². The van der Waals surface area contributed by atoms with Gasteiger partial charge in [-0.1, -0.05) is 0 Å². The van der Waals surface area contributed by atoms with Gasteiger partial charge in [0.25, 0.3) is 5.91 Å². The van der Waals surface area contributed by atoms with Crippen molar-refractivity contribution in [1.29, 1.82) is 0 Å². The Labute approximate surface area is 183 Å². The number of methoxy groups -OCH3 is 1. The van der Waals surface area contributed by atoms with Crippen LogP contribution in [-0.4, -0.2) is 60.2 Å². The Morgan fingerprint density at radius 3 is 2.00 bits per heavy atom. The summed E-state index contributed by atoms with van der Waals surface area (Å²) in [5.41, 5.74) is -0.584. The molecule has 1 atom stereocenters. The Bertz CT molecular complexity index is 909. The van der Waals surface area contributed by atoms with Crippen molar-refractivity contribution in [3.05, 3.63) is 59.7 Å². The SMILES string of the molecule is COc1ccc(SC(C)C(=O)N2CCN(C(=O)c3ccc(C(F)(F)F)cc3)CC2)cc1. The second-order valence-electron chi connectivity index (χ2n) is 7.13. The minimum Gasteiger partial charge on any atom is -0.497 e. The Balaban J connectivity index is 1.53. The van der Waals surface area contributed by atoms with Gasteiger partial charge in [-0.15, -0.1) is 11.8 Å². The minimum atomic E-state index is -4.44. The van der Waals surface area contributed by atoms with E-state index in [1.165, 1.54) is 23.9 Å². The third kappa shape index (κ3) is 5.72. The summed E-state index contributed by atoms with van der Waals surface area (Å²) < 4.78 is 43.2. The van der Waals surface area contributed by atoms with Crippen molar-refractivity contribution >= 4 is 23.6 Å². The summed E-state index contributed by atoms with van der Waals surface area (Å²) in [6, 6.07) is 11.7. The van der Waals surface area contributed by atoms with Gasteiger partial charge in [-0.05, 0) is 55.5 Å². The van der Waals surface area contributed by atoms with E-state index in [1.54, 1.807) is 16.9 Å². The first kappa shape index (κ1) is 23.0. The number of carbonyl (C=O) groups is 2. The molecule has 5 nitrogen and oxygen atoms in total. The molecule has 1 aliphatic heterocycles. The Kier molecular flexibility index (Phi) is 7.15. The first-order chi connectivity index (χ1) is 14.7. The summed E-state index contributed by atoms with van der Waals surface area (Å²) in [6.07, 6.45) is -4.44. The van der Waals surface area contributed by atoms with Crippen molar-refractivity contribution < 1.29 is 27.5 Å². The number of carbonyl (C=O) groups excluding carboxylic acids is 2. The van der Waals surface area contributed by atoms with Crippen LogP contribution >= 0.6 is 11.8 Å². The van der Waals surface area contributed by atoms with Crippen molar-refractivity contribution in [1.82, 2.24) is 9.80 Å². The van der Waals surface area contributed by atoms with E-state index in [9.17, 15) is 22.8 Å². The third-order valence-corrected chi connectivity index (χ3v) is 6.16. The molecule has 2 aromatic rings.